The molecule has 3 heteroatoms. The number of rotatable bonds is 1. The molecular weight excluding hydrogens is 114 g/mol. The number of amides is 1. The van der Waals surface area contributed by atoms with E-state index >= 15 is 0 Å². The van der Waals surface area contributed by atoms with Gasteiger partial charge < -0.3 is 4.90 Å². The summed E-state index contributed by atoms with van der Waals surface area (Å²) in [5.41, 5.74) is 0. The number of carbonyl (C=O) groups excluding carboxylic acids is 1. The quantitative estimate of drug-likeness (QED) is 0.353. The first-order valence-corrected chi connectivity index (χ1v) is 2.72. The van der Waals surface area contributed by atoms with Crippen LogP contribution in [0.1, 0.15) is 0 Å². The fraction of sp³-hybridized carbons (Fsp3) is 0.750. The van der Waals surface area contributed by atoms with Crippen LogP contribution in [0, 0.1) is 0 Å². The first-order valence-electron chi connectivity index (χ1n) is 2.18. The van der Waals surface area contributed by atoms with Gasteiger partial charge in [-0.15, -0.1) is 11.6 Å². The molecule has 0 N–H and O–H groups in total. The van der Waals surface area contributed by atoms with Crippen LogP contribution in [0.3, 0.4) is 0 Å². The zero-order valence-electron chi connectivity index (χ0n) is 3.85. The number of hydrogen-bond acceptors (Lipinski definition) is 1. The van der Waals surface area contributed by atoms with E-state index < -0.39 is 0 Å². The molecule has 0 unspecified atom stereocenters. The van der Waals surface area contributed by atoms with Gasteiger partial charge in [-0.3, -0.25) is 4.79 Å². The van der Waals surface area contributed by atoms with Crippen molar-refractivity contribution in [1.29, 1.82) is 0 Å². The van der Waals surface area contributed by atoms with Gasteiger partial charge in [0.25, 0.3) is 0 Å². The van der Waals surface area contributed by atoms with Crippen molar-refractivity contribution in [3.8, 4) is 0 Å². The molecule has 0 atom stereocenters. The van der Waals surface area contributed by atoms with Crippen molar-refractivity contribution >= 4 is 17.5 Å². The zero-order chi connectivity index (χ0) is 5.28. The highest BCUT2D eigenvalue weighted by atomic mass is 35.5. The Labute approximate surface area is 47.1 Å². The Morgan fingerprint density at radius 1 is 1.71 bits per heavy atom. The molecule has 0 spiro atoms. The van der Waals surface area contributed by atoms with Crippen LogP contribution in [0.25, 0.3) is 0 Å². The SMILES string of the molecule is O=C(CCl)N1CC1. The normalized spacial score (nSPS) is 17.0. The molecule has 2 nitrogen and oxygen atoms in total. The van der Waals surface area contributed by atoms with E-state index in [1.807, 2.05) is 0 Å². The maximum Gasteiger partial charge on any atom is 0.237 e. The molecular formula is C4H6ClNO. The van der Waals surface area contributed by atoms with Gasteiger partial charge in [-0.05, 0) is 0 Å². The van der Waals surface area contributed by atoms with Crippen LogP contribution in [0.2, 0.25) is 0 Å². The van der Waals surface area contributed by atoms with Gasteiger partial charge in [-0.2, -0.15) is 0 Å². The monoisotopic (exact) mass is 119 g/mol. The van der Waals surface area contributed by atoms with E-state index in [4.69, 9.17) is 11.6 Å². The standard InChI is InChI=1S/C4H6ClNO/c5-3-4(7)6-1-2-6/h1-3H2. The van der Waals surface area contributed by atoms with Crippen LogP contribution >= 0.6 is 11.6 Å². The first kappa shape index (κ1) is 4.91. The molecule has 0 aromatic carbocycles. The highest BCUT2D eigenvalue weighted by Crippen LogP contribution is 2.03. The minimum Gasteiger partial charge on any atom is -0.338 e. The van der Waals surface area contributed by atoms with Gasteiger partial charge in [0.2, 0.25) is 5.91 Å². The average Bonchev–Trinajstić information content (AvgIpc) is 2.44. The lowest BCUT2D eigenvalue weighted by Crippen LogP contribution is -2.10. The number of carbonyl (C=O) groups is 1. The van der Waals surface area contributed by atoms with Gasteiger partial charge in [-0.25, -0.2) is 0 Å². The molecule has 1 rings (SSSR count). The number of hydrogen-bond donors (Lipinski definition) is 0. The summed E-state index contributed by atoms with van der Waals surface area (Å²) in [5, 5.41) is 0. The van der Waals surface area contributed by atoms with E-state index in [2.05, 4.69) is 0 Å². The largest absolute Gasteiger partial charge is 0.338 e. The zero-order valence-corrected chi connectivity index (χ0v) is 4.61. The van der Waals surface area contributed by atoms with Gasteiger partial charge in [0.1, 0.15) is 5.88 Å². The fourth-order valence-corrected chi connectivity index (χ4v) is 0.553. The predicted molar refractivity (Wildman–Crippen MR) is 27.3 cm³/mol. The van der Waals surface area contributed by atoms with E-state index in [-0.39, 0.29) is 11.8 Å². The summed E-state index contributed by atoms with van der Waals surface area (Å²) < 4.78 is 0. The molecule has 1 heterocycles. The van der Waals surface area contributed by atoms with Crippen LogP contribution in [0.5, 0.6) is 0 Å². The van der Waals surface area contributed by atoms with Gasteiger partial charge in [0.15, 0.2) is 0 Å². The number of nitrogens with zero attached hydrogens (tertiary/aromatic N) is 1. The summed E-state index contributed by atoms with van der Waals surface area (Å²) in [6, 6.07) is 0. The van der Waals surface area contributed by atoms with Crippen molar-refractivity contribution in [3.05, 3.63) is 0 Å². The van der Waals surface area contributed by atoms with E-state index in [0.29, 0.717) is 0 Å². The Balaban J connectivity index is 2.24. The third-order valence-electron chi connectivity index (χ3n) is 0.914. The summed E-state index contributed by atoms with van der Waals surface area (Å²) in [4.78, 5) is 12.1. The smallest absolute Gasteiger partial charge is 0.237 e. The van der Waals surface area contributed by atoms with Crippen molar-refractivity contribution in [3.63, 3.8) is 0 Å². The van der Waals surface area contributed by atoms with Crippen LogP contribution < -0.4 is 0 Å². The first-order chi connectivity index (χ1) is 3.34. The predicted octanol–water partition coefficient (Wildman–Crippen LogP) is 0.0674. The molecule has 1 saturated heterocycles. The maximum absolute atomic E-state index is 10.4. The number of halogens is 1. The van der Waals surface area contributed by atoms with Gasteiger partial charge >= 0.3 is 0 Å². The highest BCUT2D eigenvalue weighted by molar-refractivity contribution is 6.27. The Morgan fingerprint density at radius 3 is 2.43 bits per heavy atom. The topological polar surface area (TPSA) is 20.1 Å². The molecule has 0 aromatic heterocycles. The summed E-state index contributed by atoms with van der Waals surface area (Å²) >= 11 is 5.20. The molecule has 1 fully saturated rings. The molecule has 0 radical (unpaired) electrons. The molecule has 0 aromatic rings. The van der Waals surface area contributed by atoms with Crippen molar-refractivity contribution < 1.29 is 4.79 Å². The minimum atomic E-state index is 0.0571. The molecule has 1 aliphatic rings. The highest BCUT2D eigenvalue weighted by Gasteiger charge is 2.22. The van der Waals surface area contributed by atoms with Gasteiger partial charge in [0, 0.05) is 13.1 Å². The Hall–Kier alpha value is -0.240. The summed E-state index contributed by atoms with van der Waals surface area (Å²) in [5.74, 6) is 0.196. The van der Waals surface area contributed by atoms with Crippen LogP contribution in [0.4, 0.5) is 0 Å². The summed E-state index contributed by atoms with van der Waals surface area (Å²) in [6.45, 7) is 1.82. The third-order valence-corrected chi connectivity index (χ3v) is 1.14. The van der Waals surface area contributed by atoms with Gasteiger partial charge in [0.05, 0.1) is 0 Å². The molecule has 40 valence electrons. The second-order valence-corrected chi connectivity index (χ2v) is 1.78. The Kier molecular flexibility index (Phi) is 1.19. The van der Waals surface area contributed by atoms with Gasteiger partial charge in [-0.1, -0.05) is 0 Å². The molecule has 0 aliphatic carbocycles. The Bertz CT molecular complexity index is 89.7. The molecule has 7 heavy (non-hydrogen) atoms. The number of alkyl halides is 1. The van der Waals surface area contributed by atoms with Crippen molar-refractivity contribution in [2.75, 3.05) is 19.0 Å². The minimum absolute atomic E-state index is 0.0571. The van der Waals surface area contributed by atoms with E-state index in [9.17, 15) is 4.79 Å². The summed E-state index contributed by atoms with van der Waals surface area (Å²) in [7, 11) is 0. The van der Waals surface area contributed by atoms with Crippen LogP contribution in [-0.4, -0.2) is 29.8 Å². The molecule has 0 saturated carbocycles. The van der Waals surface area contributed by atoms with Crippen molar-refractivity contribution in [1.82, 2.24) is 4.90 Å². The van der Waals surface area contributed by atoms with Crippen LogP contribution in [0.15, 0.2) is 0 Å². The Morgan fingerprint density at radius 2 is 2.29 bits per heavy atom. The lowest BCUT2D eigenvalue weighted by Gasteiger charge is -1.90. The second kappa shape index (κ2) is 1.70. The lowest BCUT2D eigenvalue weighted by molar-refractivity contribution is -0.123. The lowest BCUT2D eigenvalue weighted by atomic mass is 10.7. The van der Waals surface area contributed by atoms with E-state index in [1.165, 1.54) is 0 Å². The molecule has 0 bridgehead atoms. The molecule has 1 amide bonds. The van der Waals surface area contributed by atoms with Crippen LogP contribution in [-0.2, 0) is 4.79 Å². The maximum atomic E-state index is 10.4. The fourth-order valence-electron chi connectivity index (χ4n) is 0.384. The third kappa shape index (κ3) is 1.06. The second-order valence-electron chi connectivity index (χ2n) is 1.51. The van der Waals surface area contributed by atoms with E-state index in [1.54, 1.807) is 4.90 Å². The summed E-state index contributed by atoms with van der Waals surface area (Å²) in [6.07, 6.45) is 0. The van der Waals surface area contributed by atoms with Crippen molar-refractivity contribution in [2.45, 2.75) is 0 Å². The molecule has 1 aliphatic heterocycles. The average molecular weight is 120 g/mol. The van der Waals surface area contributed by atoms with Crippen molar-refractivity contribution in [2.24, 2.45) is 0 Å². The van der Waals surface area contributed by atoms with E-state index in [0.717, 1.165) is 13.1 Å².